The number of nitrogens with zero attached hydrogens (tertiary/aromatic N) is 4. The van der Waals surface area contributed by atoms with E-state index < -0.39 is 15.6 Å². The van der Waals surface area contributed by atoms with Crippen LogP contribution in [0.4, 0.5) is 0 Å². The number of aryl methyl sites for hydroxylation is 1. The maximum atomic E-state index is 13.3. The van der Waals surface area contributed by atoms with Crippen LogP contribution in [-0.2, 0) is 14.8 Å². The van der Waals surface area contributed by atoms with E-state index in [1.807, 2.05) is 13.0 Å². The quantitative estimate of drug-likeness (QED) is 0.819. The van der Waals surface area contributed by atoms with Crippen molar-refractivity contribution in [2.75, 3.05) is 13.1 Å². The standard InChI is InChI=1S/C19H25N5O3S/c1-15-6-5-7-17(12-15)28(26,27)21-19(8-3-2-4-9-19)18(25)23-13-16(14-23)24-11-10-20-22-24/h5-7,10-12,16,21H,2-4,8-9,13-14H2,1H3. The Balaban J connectivity index is 1.54. The highest BCUT2D eigenvalue weighted by atomic mass is 32.2. The molecule has 0 radical (unpaired) electrons. The number of rotatable bonds is 5. The second-order valence-electron chi connectivity index (χ2n) is 7.81. The van der Waals surface area contributed by atoms with E-state index in [9.17, 15) is 13.2 Å². The van der Waals surface area contributed by atoms with Crippen molar-refractivity contribution in [3.8, 4) is 0 Å². The van der Waals surface area contributed by atoms with Crippen LogP contribution >= 0.6 is 0 Å². The fraction of sp³-hybridized carbons (Fsp3) is 0.526. The largest absolute Gasteiger partial charge is 0.337 e. The van der Waals surface area contributed by atoms with Gasteiger partial charge in [0, 0.05) is 19.3 Å². The van der Waals surface area contributed by atoms with Gasteiger partial charge in [0.05, 0.1) is 17.1 Å². The number of hydrogen-bond acceptors (Lipinski definition) is 5. The van der Waals surface area contributed by atoms with E-state index in [1.165, 1.54) is 0 Å². The van der Waals surface area contributed by atoms with Gasteiger partial charge in [0.1, 0.15) is 5.54 Å². The van der Waals surface area contributed by atoms with Gasteiger partial charge in [-0.25, -0.2) is 13.1 Å². The van der Waals surface area contributed by atoms with Gasteiger partial charge in [0.15, 0.2) is 0 Å². The molecule has 2 heterocycles. The van der Waals surface area contributed by atoms with Crippen LogP contribution in [0, 0.1) is 6.92 Å². The minimum Gasteiger partial charge on any atom is -0.337 e. The second-order valence-corrected chi connectivity index (χ2v) is 9.49. The number of hydrogen-bond donors (Lipinski definition) is 1. The average molecular weight is 404 g/mol. The highest BCUT2D eigenvalue weighted by molar-refractivity contribution is 7.89. The number of nitrogens with one attached hydrogen (secondary N) is 1. The highest BCUT2D eigenvalue weighted by Crippen LogP contribution is 2.34. The number of carbonyl (C=O) groups is 1. The molecule has 1 saturated carbocycles. The smallest absolute Gasteiger partial charge is 0.244 e. The Hall–Kier alpha value is -2.26. The van der Waals surface area contributed by atoms with Crippen LogP contribution in [-0.4, -0.2) is 52.8 Å². The van der Waals surface area contributed by atoms with Crippen molar-refractivity contribution in [1.82, 2.24) is 24.6 Å². The first-order chi connectivity index (χ1) is 13.4. The third-order valence-electron chi connectivity index (χ3n) is 5.71. The molecule has 2 fully saturated rings. The Bertz CT molecular complexity index is 946. The first-order valence-corrected chi connectivity index (χ1v) is 11.1. The Kier molecular flexibility index (Phi) is 4.96. The van der Waals surface area contributed by atoms with Gasteiger partial charge >= 0.3 is 0 Å². The van der Waals surface area contributed by atoms with Crippen LogP contribution in [0.2, 0.25) is 0 Å². The Labute approximate surface area is 165 Å². The summed E-state index contributed by atoms with van der Waals surface area (Å²) in [5.74, 6) is -0.125. The zero-order valence-electron chi connectivity index (χ0n) is 15.9. The third kappa shape index (κ3) is 3.56. The molecule has 28 heavy (non-hydrogen) atoms. The lowest BCUT2D eigenvalue weighted by Crippen LogP contribution is -2.64. The molecule has 2 aromatic rings. The second kappa shape index (κ2) is 7.29. The Morgan fingerprint density at radius 3 is 2.61 bits per heavy atom. The van der Waals surface area contributed by atoms with Gasteiger partial charge in [0.25, 0.3) is 0 Å². The molecule has 4 rings (SSSR count). The van der Waals surface area contributed by atoms with Crippen LogP contribution in [0.3, 0.4) is 0 Å². The minimum absolute atomic E-state index is 0.0977. The summed E-state index contributed by atoms with van der Waals surface area (Å²) in [5.41, 5.74) is -0.195. The number of amides is 1. The Morgan fingerprint density at radius 1 is 1.21 bits per heavy atom. The molecule has 0 atom stereocenters. The number of likely N-dealkylation sites (tertiary alicyclic amines) is 1. The van der Waals surface area contributed by atoms with Crippen molar-refractivity contribution in [2.45, 2.75) is 55.5 Å². The van der Waals surface area contributed by atoms with Crippen molar-refractivity contribution in [2.24, 2.45) is 0 Å². The average Bonchev–Trinajstić information content (AvgIpc) is 3.15. The predicted octanol–water partition coefficient (Wildman–Crippen LogP) is 1.65. The lowest BCUT2D eigenvalue weighted by molar-refractivity contribution is -0.145. The lowest BCUT2D eigenvalue weighted by atomic mass is 9.80. The normalized spacial score (nSPS) is 20.0. The molecule has 9 heteroatoms. The molecule has 1 aliphatic carbocycles. The molecule has 8 nitrogen and oxygen atoms in total. The summed E-state index contributed by atoms with van der Waals surface area (Å²) in [7, 11) is -3.79. The van der Waals surface area contributed by atoms with Crippen molar-refractivity contribution < 1.29 is 13.2 Å². The summed E-state index contributed by atoms with van der Waals surface area (Å²) in [6.07, 6.45) is 7.14. The summed E-state index contributed by atoms with van der Waals surface area (Å²) in [6, 6.07) is 6.87. The molecule has 0 bridgehead atoms. The molecule has 1 amide bonds. The number of carbonyl (C=O) groups excluding carboxylic acids is 1. The molecular weight excluding hydrogens is 378 g/mol. The maximum Gasteiger partial charge on any atom is 0.244 e. The van der Waals surface area contributed by atoms with Crippen LogP contribution < -0.4 is 4.72 Å². The van der Waals surface area contributed by atoms with Crippen LogP contribution in [0.5, 0.6) is 0 Å². The van der Waals surface area contributed by atoms with Gasteiger partial charge in [-0.15, -0.1) is 5.10 Å². The van der Waals surface area contributed by atoms with Crippen LogP contribution in [0.25, 0.3) is 0 Å². The molecule has 1 aromatic carbocycles. The highest BCUT2D eigenvalue weighted by Gasteiger charge is 2.48. The van der Waals surface area contributed by atoms with Gasteiger partial charge in [-0.2, -0.15) is 4.72 Å². The monoisotopic (exact) mass is 403 g/mol. The van der Waals surface area contributed by atoms with Gasteiger partial charge in [-0.05, 0) is 37.5 Å². The molecule has 1 aliphatic heterocycles. The fourth-order valence-electron chi connectivity index (χ4n) is 4.12. The zero-order chi connectivity index (χ0) is 19.8. The van der Waals surface area contributed by atoms with Crippen LogP contribution in [0.1, 0.15) is 43.7 Å². The van der Waals surface area contributed by atoms with Crippen molar-refractivity contribution in [3.05, 3.63) is 42.2 Å². The molecule has 1 N–H and O–H groups in total. The zero-order valence-corrected chi connectivity index (χ0v) is 16.7. The maximum absolute atomic E-state index is 13.3. The van der Waals surface area contributed by atoms with E-state index in [2.05, 4.69) is 15.0 Å². The SMILES string of the molecule is Cc1cccc(S(=O)(=O)NC2(C(=O)N3CC(n4ccnn4)C3)CCCCC2)c1. The topological polar surface area (TPSA) is 97.2 Å². The van der Waals surface area contributed by atoms with Crippen molar-refractivity contribution >= 4 is 15.9 Å². The molecule has 150 valence electrons. The van der Waals surface area contributed by atoms with E-state index >= 15 is 0 Å². The first kappa shape index (κ1) is 19.1. The van der Waals surface area contributed by atoms with Crippen molar-refractivity contribution in [3.63, 3.8) is 0 Å². The minimum atomic E-state index is -3.79. The van der Waals surface area contributed by atoms with Crippen molar-refractivity contribution in [1.29, 1.82) is 0 Å². The summed E-state index contributed by atoms with van der Waals surface area (Å²) >= 11 is 0. The molecule has 2 aliphatic rings. The van der Waals surface area contributed by atoms with E-state index in [-0.39, 0.29) is 16.8 Å². The number of benzene rings is 1. The summed E-state index contributed by atoms with van der Waals surface area (Å²) < 4.78 is 30.6. The van der Waals surface area contributed by atoms with Crippen LogP contribution in [0.15, 0.2) is 41.6 Å². The van der Waals surface area contributed by atoms with E-state index in [0.717, 1.165) is 24.8 Å². The Morgan fingerprint density at radius 2 is 1.96 bits per heavy atom. The lowest BCUT2D eigenvalue weighted by Gasteiger charge is -2.46. The molecular formula is C19H25N5O3S. The van der Waals surface area contributed by atoms with Gasteiger partial charge in [0.2, 0.25) is 15.9 Å². The number of aromatic nitrogens is 3. The van der Waals surface area contributed by atoms with E-state index in [1.54, 1.807) is 40.2 Å². The van der Waals surface area contributed by atoms with E-state index in [0.29, 0.717) is 25.9 Å². The fourth-order valence-corrected chi connectivity index (χ4v) is 5.64. The summed E-state index contributed by atoms with van der Waals surface area (Å²) in [5, 5.41) is 7.79. The molecule has 1 aromatic heterocycles. The van der Waals surface area contributed by atoms with Gasteiger partial charge in [-0.3, -0.25) is 4.79 Å². The molecule has 0 spiro atoms. The van der Waals surface area contributed by atoms with Gasteiger partial charge < -0.3 is 4.90 Å². The summed E-state index contributed by atoms with van der Waals surface area (Å²) in [4.78, 5) is 15.3. The van der Waals surface area contributed by atoms with E-state index in [4.69, 9.17) is 0 Å². The molecule has 0 unspecified atom stereocenters. The first-order valence-electron chi connectivity index (χ1n) is 9.65. The molecule has 1 saturated heterocycles. The number of sulfonamides is 1. The predicted molar refractivity (Wildman–Crippen MR) is 103 cm³/mol. The summed E-state index contributed by atoms with van der Waals surface area (Å²) in [6.45, 7) is 2.90. The third-order valence-corrected chi connectivity index (χ3v) is 7.24. The van der Waals surface area contributed by atoms with Gasteiger partial charge in [-0.1, -0.05) is 36.6 Å².